The van der Waals surface area contributed by atoms with E-state index in [1.54, 1.807) is 0 Å². The van der Waals surface area contributed by atoms with E-state index in [0.29, 0.717) is 5.69 Å². The van der Waals surface area contributed by atoms with Gasteiger partial charge in [0.1, 0.15) is 0 Å². The van der Waals surface area contributed by atoms with Crippen LogP contribution in [-0.2, 0) is 6.18 Å². The molecule has 0 aliphatic carbocycles. The smallest absolute Gasteiger partial charge is 0.355 e. The van der Waals surface area contributed by atoms with Crippen LogP contribution >= 0.6 is 12.4 Å². The van der Waals surface area contributed by atoms with E-state index in [-0.39, 0.29) is 12.4 Å². The molecule has 0 fully saturated rings. The first-order chi connectivity index (χ1) is 12.5. The zero-order valence-electron chi connectivity index (χ0n) is 13.9. The summed E-state index contributed by atoms with van der Waals surface area (Å²) < 4.78 is 37.9. The quantitative estimate of drug-likeness (QED) is 0.424. The number of alkyl halides is 3. The van der Waals surface area contributed by atoms with Crippen LogP contribution < -0.4 is 5.32 Å². The molecule has 0 saturated carbocycles. The number of halogens is 4. The molecule has 0 spiro atoms. The first-order valence-corrected chi connectivity index (χ1v) is 7.98. The minimum absolute atomic E-state index is 0. The number of benzene rings is 3. The summed E-state index contributed by atoms with van der Waals surface area (Å²) in [6, 6.07) is 20.5. The third-order valence-corrected chi connectivity index (χ3v) is 4.11. The van der Waals surface area contributed by atoms with E-state index in [1.807, 2.05) is 48.5 Å². The summed E-state index contributed by atoms with van der Waals surface area (Å²) in [6.45, 7) is 0. The lowest BCUT2D eigenvalue weighted by Gasteiger charge is -2.09. The largest absolute Gasteiger partial charge is 0.416 e. The van der Waals surface area contributed by atoms with Crippen LogP contribution in [0, 0.1) is 0 Å². The van der Waals surface area contributed by atoms with E-state index in [9.17, 15) is 13.2 Å². The molecule has 3 nitrogen and oxygen atoms in total. The number of hydrogen-bond donors (Lipinski definition) is 2. The molecule has 138 valence electrons. The minimum Gasteiger partial charge on any atom is -0.355 e. The normalized spacial score (nSPS) is 11.2. The first-order valence-electron chi connectivity index (χ1n) is 7.98. The molecule has 0 amide bonds. The van der Waals surface area contributed by atoms with Crippen LogP contribution in [-0.4, -0.2) is 10.2 Å². The Labute approximate surface area is 159 Å². The average molecular weight is 390 g/mol. The highest BCUT2D eigenvalue weighted by Crippen LogP contribution is 2.31. The zero-order valence-corrected chi connectivity index (χ0v) is 14.7. The van der Waals surface area contributed by atoms with Gasteiger partial charge in [0.15, 0.2) is 0 Å². The number of nitrogens with zero attached hydrogens (tertiary/aromatic N) is 1. The molecule has 1 aromatic heterocycles. The standard InChI is InChI=1S/C20H14F3N3.ClH/c21-20(22,23)14-6-8-15(9-7-14)24-16-10-11-17-18(12-16)25-26-19(17)13-4-2-1-3-5-13;/h1-12,24H,(H,25,26);1H. The Hall–Kier alpha value is -2.99. The van der Waals surface area contributed by atoms with Gasteiger partial charge in [-0.2, -0.15) is 18.3 Å². The van der Waals surface area contributed by atoms with Gasteiger partial charge in [-0.25, -0.2) is 0 Å². The van der Waals surface area contributed by atoms with Crippen molar-refractivity contribution in [1.82, 2.24) is 10.2 Å². The Kier molecular flexibility index (Phi) is 5.10. The summed E-state index contributed by atoms with van der Waals surface area (Å²) in [7, 11) is 0. The number of rotatable bonds is 3. The Morgan fingerprint density at radius 1 is 0.815 bits per heavy atom. The highest BCUT2D eigenvalue weighted by molar-refractivity contribution is 5.94. The van der Waals surface area contributed by atoms with Crippen molar-refractivity contribution >= 4 is 34.7 Å². The van der Waals surface area contributed by atoms with E-state index < -0.39 is 11.7 Å². The molecule has 1 heterocycles. The summed E-state index contributed by atoms with van der Waals surface area (Å²) in [5.74, 6) is 0. The van der Waals surface area contributed by atoms with Crippen molar-refractivity contribution in [1.29, 1.82) is 0 Å². The van der Waals surface area contributed by atoms with Gasteiger partial charge in [0.2, 0.25) is 0 Å². The predicted molar refractivity (Wildman–Crippen MR) is 104 cm³/mol. The van der Waals surface area contributed by atoms with E-state index in [4.69, 9.17) is 0 Å². The van der Waals surface area contributed by atoms with Crippen molar-refractivity contribution in [2.45, 2.75) is 6.18 Å². The second-order valence-electron chi connectivity index (χ2n) is 5.90. The summed E-state index contributed by atoms with van der Waals surface area (Å²) in [5, 5.41) is 11.5. The van der Waals surface area contributed by atoms with Crippen LogP contribution in [0.1, 0.15) is 5.56 Å². The number of H-pyrrole nitrogens is 1. The van der Waals surface area contributed by atoms with Crippen LogP contribution in [0.4, 0.5) is 24.5 Å². The Bertz CT molecular complexity index is 1040. The van der Waals surface area contributed by atoms with E-state index in [2.05, 4.69) is 15.5 Å². The lowest BCUT2D eigenvalue weighted by Crippen LogP contribution is -2.04. The third-order valence-electron chi connectivity index (χ3n) is 4.11. The maximum absolute atomic E-state index is 12.6. The van der Waals surface area contributed by atoms with Crippen LogP contribution in [0.2, 0.25) is 0 Å². The molecule has 0 aliphatic rings. The summed E-state index contributed by atoms with van der Waals surface area (Å²) in [5.41, 5.74) is 3.41. The molecule has 0 aliphatic heterocycles. The highest BCUT2D eigenvalue weighted by atomic mass is 35.5. The van der Waals surface area contributed by atoms with Gasteiger partial charge in [0, 0.05) is 22.3 Å². The molecule has 0 saturated heterocycles. The lowest BCUT2D eigenvalue weighted by molar-refractivity contribution is -0.137. The Morgan fingerprint density at radius 2 is 1.48 bits per heavy atom. The van der Waals surface area contributed by atoms with Gasteiger partial charge in [-0.05, 0) is 42.5 Å². The maximum atomic E-state index is 12.6. The van der Waals surface area contributed by atoms with Gasteiger partial charge in [-0.1, -0.05) is 30.3 Å². The number of nitrogens with one attached hydrogen (secondary N) is 2. The summed E-state index contributed by atoms with van der Waals surface area (Å²) in [6.07, 6.45) is -4.33. The van der Waals surface area contributed by atoms with Gasteiger partial charge in [-0.3, -0.25) is 5.10 Å². The number of hydrogen-bond acceptors (Lipinski definition) is 2. The molecule has 27 heavy (non-hydrogen) atoms. The molecular weight excluding hydrogens is 375 g/mol. The van der Waals surface area contributed by atoms with Gasteiger partial charge in [0.25, 0.3) is 0 Å². The van der Waals surface area contributed by atoms with Crippen LogP contribution in [0.15, 0.2) is 72.8 Å². The van der Waals surface area contributed by atoms with E-state index in [0.717, 1.165) is 40.0 Å². The van der Waals surface area contributed by atoms with Crippen molar-refractivity contribution in [3.8, 4) is 11.3 Å². The molecular formula is C20H15ClF3N3. The fourth-order valence-corrected chi connectivity index (χ4v) is 2.82. The van der Waals surface area contributed by atoms with Crippen molar-refractivity contribution in [3.05, 3.63) is 78.4 Å². The highest BCUT2D eigenvalue weighted by Gasteiger charge is 2.29. The van der Waals surface area contributed by atoms with Gasteiger partial charge in [0.05, 0.1) is 16.8 Å². The van der Waals surface area contributed by atoms with Crippen molar-refractivity contribution in [2.75, 3.05) is 5.32 Å². The fourth-order valence-electron chi connectivity index (χ4n) is 2.82. The second kappa shape index (κ2) is 7.32. The predicted octanol–water partition coefficient (Wildman–Crippen LogP) is 6.41. The number of fused-ring (bicyclic) bond motifs is 1. The third kappa shape index (κ3) is 3.90. The monoisotopic (exact) mass is 389 g/mol. The number of aromatic amines is 1. The second-order valence-corrected chi connectivity index (χ2v) is 5.90. The van der Waals surface area contributed by atoms with Gasteiger partial charge < -0.3 is 5.32 Å². The molecule has 4 rings (SSSR count). The minimum atomic E-state index is -4.33. The molecule has 2 N–H and O–H groups in total. The summed E-state index contributed by atoms with van der Waals surface area (Å²) >= 11 is 0. The van der Waals surface area contributed by atoms with E-state index in [1.165, 1.54) is 12.1 Å². The number of aromatic nitrogens is 2. The van der Waals surface area contributed by atoms with Crippen LogP contribution in [0.25, 0.3) is 22.2 Å². The Morgan fingerprint density at radius 3 is 2.15 bits per heavy atom. The lowest BCUT2D eigenvalue weighted by atomic mass is 10.1. The van der Waals surface area contributed by atoms with Crippen LogP contribution in [0.3, 0.4) is 0 Å². The molecule has 0 unspecified atom stereocenters. The zero-order chi connectivity index (χ0) is 18.1. The fraction of sp³-hybridized carbons (Fsp3) is 0.0500. The first kappa shape index (κ1) is 18.8. The SMILES string of the molecule is Cl.FC(F)(F)c1ccc(Nc2ccc3c(-c4ccccc4)n[nH]c3c2)cc1. The van der Waals surface area contributed by atoms with Crippen molar-refractivity contribution in [2.24, 2.45) is 0 Å². The molecule has 0 atom stereocenters. The molecule has 0 bridgehead atoms. The number of anilines is 2. The van der Waals surface area contributed by atoms with Gasteiger partial charge in [-0.15, -0.1) is 12.4 Å². The topological polar surface area (TPSA) is 40.7 Å². The molecule has 3 aromatic carbocycles. The molecule has 4 aromatic rings. The molecule has 0 radical (unpaired) electrons. The summed E-state index contributed by atoms with van der Waals surface area (Å²) in [4.78, 5) is 0. The Balaban J connectivity index is 0.00000210. The van der Waals surface area contributed by atoms with Crippen LogP contribution in [0.5, 0.6) is 0 Å². The van der Waals surface area contributed by atoms with Crippen molar-refractivity contribution < 1.29 is 13.2 Å². The van der Waals surface area contributed by atoms with E-state index >= 15 is 0 Å². The average Bonchev–Trinajstić information content (AvgIpc) is 3.05. The molecule has 7 heteroatoms. The maximum Gasteiger partial charge on any atom is 0.416 e. The van der Waals surface area contributed by atoms with Crippen molar-refractivity contribution in [3.63, 3.8) is 0 Å². The van der Waals surface area contributed by atoms with Gasteiger partial charge >= 0.3 is 6.18 Å².